The number of nitriles is 1. The second kappa shape index (κ2) is 5.80. The van der Waals surface area contributed by atoms with Crippen LogP contribution < -0.4 is 5.32 Å². The van der Waals surface area contributed by atoms with Gasteiger partial charge in [-0.1, -0.05) is 6.92 Å². The molecule has 2 N–H and O–H groups in total. The van der Waals surface area contributed by atoms with Crippen molar-refractivity contribution in [2.24, 2.45) is 5.92 Å². The van der Waals surface area contributed by atoms with Crippen molar-refractivity contribution < 1.29 is 5.11 Å². The largest absolute Gasteiger partial charge is 0.388 e. The molecule has 1 saturated carbocycles. The van der Waals surface area contributed by atoms with Crippen LogP contribution in [0.5, 0.6) is 0 Å². The molecule has 0 bridgehead atoms. The Morgan fingerprint density at radius 1 is 1.45 bits per heavy atom. The molecule has 1 aromatic rings. The first-order valence-corrected chi connectivity index (χ1v) is 7.28. The molecule has 0 atom stereocenters. The average molecular weight is 273 g/mol. The first kappa shape index (κ1) is 14.8. The lowest BCUT2D eigenvalue weighted by Gasteiger charge is -2.35. The summed E-state index contributed by atoms with van der Waals surface area (Å²) in [4.78, 5) is 4.39. The number of aliphatic hydroxyl groups is 1. The van der Waals surface area contributed by atoms with Gasteiger partial charge in [-0.25, -0.2) is 4.98 Å². The van der Waals surface area contributed by atoms with Gasteiger partial charge in [-0.3, -0.25) is 0 Å². The molecule has 1 fully saturated rings. The molecule has 0 spiro atoms. The molecule has 20 heavy (non-hydrogen) atoms. The zero-order valence-corrected chi connectivity index (χ0v) is 12.5. The van der Waals surface area contributed by atoms with Gasteiger partial charge in [0, 0.05) is 12.2 Å². The van der Waals surface area contributed by atoms with Gasteiger partial charge >= 0.3 is 0 Å². The highest BCUT2D eigenvalue weighted by atomic mass is 16.3. The van der Waals surface area contributed by atoms with Crippen LogP contribution in [0.2, 0.25) is 0 Å². The molecule has 0 unspecified atom stereocenters. The van der Waals surface area contributed by atoms with Crippen LogP contribution >= 0.6 is 0 Å². The third-order valence-corrected chi connectivity index (χ3v) is 4.25. The van der Waals surface area contributed by atoms with E-state index >= 15 is 0 Å². The number of aryl methyl sites for hydroxylation is 2. The Labute approximate surface area is 120 Å². The lowest BCUT2D eigenvalue weighted by Crippen LogP contribution is -2.40. The molecule has 2 rings (SSSR count). The first-order chi connectivity index (χ1) is 9.43. The summed E-state index contributed by atoms with van der Waals surface area (Å²) in [5, 5.41) is 23.0. The van der Waals surface area contributed by atoms with Gasteiger partial charge in [0.2, 0.25) is 0 Å². The molecule has 108 valence electrons. The van der Waals surface area contributed by atoms with E-state index in [2.05, 4.69) is 23.3 Å². The Kier molecular flexibility index (Phi) is 4.29. The van der Waals surface area contributed by atoms with E-state index in [0.29, 0.717) is 23.8 Å². The smallest absolute Gasteiger partial charge is 0.144 e. The maximum absolute atomic E-state index is 10.6. The Morgan fingerprint density at radius 3 is 2.70 bits per heavy atom. The SMILES string of the molecule is Cc1cc(C)c(C#N)c(NCC2(O)CCC(C)CC2)n1. The van der Waals surface area contributed by atoms with Gasteiger partial charge in [0.1, 0.15) is 11.9 Å². The van der Waals surface area contributed by atoms with E-state index < -0.39 is 5.60 Å². The number of aromatic nitrogens is 1. The van der Waals surface area contributed by atoms with Crippen molar-refractivity contribution in [1.82, 2.24) is 4.98 Å². The highest BCUT2D eigenvalue weighted by Gasteiger charge is 2.31. The fraction of sp³-hybridized carbons (Fsp3) is 0.625. The van der Waals surface area contributed by atoms with Crippen LogP contribution in [-0.4, -0.2) is 22.2 Å². The minimum absolute atomic E-state index is 0.463. The quantitative estimate of drug-likeness (QED) is 0.888. The maximum atomic E-state index is 10.6. The third-order valence-electron chi connectivity index (χ3n) is 4.25. The summed E-state index contributed by atoms with van der Waals surface area (Å²) in [5.74, 6) is 1.29. The summed E-state index contributed by atoms with van der Waals surface area (Å²) in [6.45, 7) is 6.52. The lowest BCUT2D eigenvalue weighted by molar-refractivity contribution is 0.00494. The highest BCUT2D eigenvalue weighted by Crippen LogP contribution is 2.32. The molecule has 0 radical (unpaired) electrons. The molecule has 1 aliphatic carbocycles. The molecule has 4 nitrogen and oxygen atoms in total. The Bertz CT molecular complexity index is 525. The van der Waals surface area contributed by atoms with Crippen LogP contribution in [0.4, 0.5) is 5.82 Å². The van der Waals surface area contributed by atoms with Crippen LogP contribution in [0.3, 0.4) is 0 Å². The number of pyridine rings is 1. The molecule has 0 amide bonds. The summed E-state index contributed by atoms with van der Waals surface area (Å²) in [7, 11) is 0. The van der Waals surface area contributed by atoms with Crippen molar-refractivity contribution in [2.75, 3.05) is 11.9 Å². The van der Waals surface area contributed by atoms with Crippen LogP contribution in [0.1, 0.15) is 49.4 Å². The highest BCUT2D eigenvalue weighted by molar-refractivity contribution is 5.56. The standard InChI is InChI=1S/C16H23N3O/c1-11-4-6-16(20,7-5-11)10-18-15-14(9-17)12(2)8-13(3)19-15/h8,11,20H,4-7,10H2,1-3H3,(H,18,19). The molecule has 1 aromatic heterocycles. The average Bonchev–Trinajstić information content (AvgIpc) is 2.40. The molecular weight excluding hydrogens is 250 g/mol. The minimum Gasteiger partial charge on any atom is -0.388 e. The van der Waals surface area contributed by atoms with Crippen molar-refractivity contribution in [3.8, 4) is 6.07 Å². The number of nitrogens with zero attached hydrogens (tertiary/aromatic N) is 2. The van der Waals surface area contributed by atoms with Crippen molar-refractivity contribution in [2.45, 2.75) is 52.1 Å². The number of hydrogen-bond donors (Lipinski definition) is 2. The third kappa shape index (κ3) is 3.29. The van der Waals surface area contributed by atoms with Crippen LogP contribution in [0.25, 0.3) is 0 Å². The summed E-state index contributed by atoms with van der Waals surface area (Å²) < 4.78 is 0. The van der Waals surface area contributed by atoms with E-state index in [0.717, 1.165) is 36.9 Å². The summed E-state index contributed by atoms with van der Waals surface area (Å²) >= 11 is 0. The second-order valence-electron chi connectivity index (χ2n) is 6.18. The Balaban J connectivity index is 2.10. The monoisotopic (exact) mass is 273 g/mol. The van der Waals surface area contributed by atoms with E-state index in [9.17, 15) is 10.4 Å². The molecule has 4 heteroatoms. The van der Waals surface area contributed by atoms with Crippen molar-refractivity contribution in [3.63, 3.8) is 0 Å². The molecule has 0 aromatic carbocycles. The Morgan fingerprint density at radius 2 is 2.10 bits per heavy atom. The van der Waals surface area contributed by atoms with Gasteiger partial charge in [0.05, 0.1) is 11.2 Å². The van der Waals surface area contributed by atoms with Crippen LogP contribution in [0.15, 0.2) is 6.07 Å². The summed E-state index contributed by atoms with van der Waals surface area (Å²) in [6.07, 6.45) is 3.74. The molecule has 1 aliphatic rings. The summed E-state index contributed by atoms with van der Waals surface area (Å²) in [6, 6.07) is 4.10. The van der Waals surface area contributed by atoms with Crippen LogP contribution in [-0.2, 0) is 0 Å². The number of hydrogen-bond acceptors (Lipinski definition) is 4. The van der Waals surface area contributed by atoms with E-state index in [-0.39, 0.29) is 0 Å². The van der Waals surface area contributed by atoms with Gasteiger partial charge in [0.15, 0.2) is 0 Å². The summed E-state index contributed by atoms with van der Waals surface area (Å²) in [5.41, 5.74) is 1.71. The number of nitrogens with one attached hydrogen (secondary N) is 1. The first-order valence-electron chi connectivity index (χ1n) is 7.28. The van der Waals surface area contributed by atoms with Gasteiger partial charge in [0.25, 0.3) is 0 Å². The predicted octanol–water partition coefficient (Wildman–Crippen LogP) is 2.92. The van der Waals surface area contributed by atoms with Crippen molar-refractivity contribution >= 4 is 5.82 Å². The topological polar surface area (TPSA) is 68.9 Å². The van der Waals surface area contributed by atoms with E-state index in [4.69, 9.17) is 0 Å². The molecule has 0 aliphatic heterocycles. The zero-order chi connectivity index (χ0) is 14.8. The fourth-order valence-electron chi connectivity index (χ4n) is 2.83. The van der Waals surface area contributed by atoms with Crippen molar-refractivity contribution in [3.05, 3.63) is 22.9 Å². The van der Waals surface area contributed by atoms with E-state index in [1.54, 1.807) is 0 Å². The zero-order valence-electron chi connectivity index (χ0n) is 12.5. The van der Waals surface area contributed by atoms with E-state index in [1.807, 2.05) is 19.9 Å². The minimum atomic E-state index is -0.668. The normalized spacial score (nSPS) is 26.1. The fourth-order valence-corrected chi connectivity index (χ4v) is 2.83. The van der Waals surface area contributed by atoms with Gasteiger partial charge < -0.3 is 10.4 Å². The lowest BCUT2D eigenvalue weighted by atomic mass is 9.79. The molecule has 1 heterocycles. The van der Waals surface area contributed by atoms with Crippen molar-refractivity contribution in [1.29, 1.82) is 5.26 Å². The van der Waals surface area contributed by atoms with Gasteiger partial charge in [-0.15, -0.1) is 0 Å². The maximum Gasteiger partial charge on any atom is 0.144 e. The van der Waals surface area contributed by atoms with Gasteiger partial charge in [-0.2, -0.15) is 5.26 Å². The molecular formula is C16H23N3O. The number of anilines is 1. The Hall–Kier alpha value is -1.60. The second-order valence-corrected chi connectivity index (χ2v) is 6.18. The van der Waals surface area contributed by atoms with Crippen LogP contribution in [0, 0.1) is 31.1 Å². The van der Waals surface area contributed by atoms with E-state index in [1.165, 1.54) is 0 Å². The predicted molar refractivity (Wildman–Crippen MR) is 79.5 cm³/mol. The van der Waals surface area contributed by atoms with Gasteiger partial charge in [-0.05, 0) is 57.1 Å². The molecule has 0 saturated heterocycles. The number of rotatable bonds is 3.